The van der Waals surface area contributed by atoms with Crippen LogP contribution in [-0.2, 0) is 21.6 Å². The maximum Gasteiger partial charge on any atom is 0.410 e. The molecule has 0 spiro atoms. The fourth-order valence-corrected chi connectivity index (χ4v) is 5.43. The third-order valence-electron chi connectivity index (χ3n) is 6.71. The van der Waals surface area contributed by atoms with Gasteiger partial charge in [0.15, 0.2) is 5.54 Å². The zero-order chi connectivity index (χ0) is 28.8. The number of benzene rings is 2. The van der Waals surface area contributed by atoms with Gasteiger partial charge >= 0.3 is 6.09 Å². The molecule has 0 radical (unpaired) electrons. The number of aryl methyl sites for hydroxylation is 1. The Labute approximate surface area is 237 Å². The number of hydrogen-bond acceptors (Lipinski definition) is 6. The number of nitrogens with one attached hydrogen (secondary N) is 1. The summed E-state index contributed by atoms with van der Waals surface area (Å²) in [4.78, 5) is 28.1. The number of ether oxygens (including phenoxy) is 1. The normalized spacial score (nSPS) is 17.4. The van der Waals surface area contributed by atoms with Gasteiger partial charge in [-0.05, 0) is 63.6 Å². The number of furan rings is 1. The van der Waals surface area contributed by atoms with Crippen molar-refractivity contribution in [2.75, 3.05) is 13.1 Å². The molecule has 1 aliphatic rings. The molecule has 1 atom stereocenters. The molecule has 0 saturated carbocycles. The number of halogens is 3. The minimum atomic E-state index is -1.41. The maximum atomic E-state index is 14.5. The number of carbonyl (C=O) groups excluding carboxylic acids is 2. The summed E-state index contributed by atoms with van der Waals surface area (Å²) >= 11 is 3.48. The van der Waals surface area contributed by atoms with Crippen LogP contribution in [0, 0.1) is 18.6 Å². The molecule has 210 valence electrons. The molecule has 1 saturated heterocycles. The number of likely N-dealkylation sites (tertiary alicyclic amines) is 1. The Morgan fingerprint density at radius 1 is 1.20 bits per heavy atom. The highest BCUT2D eigenvalue weighted by Gasteiger charge is 2.49. The molecule has 2 amide bonds. The Morgan fingerprint density at radius 3 is 2.62 bits per heavy atom. The largest absolute Gasteiger partial charge is 0.459 e. The van der Waals surface area contributed by atoms with Gasteiger partial charge in [0.25, 0.3) is 0 Å². The number of rotatable bonds is 5. The molecule has 0 aliphatic carbocycles. The van der Waals surface area contributed by atoms with Crippen LogP contribution in [0.4, 0.5) is 13.6 Å². The molecule has 1 aliphatic heterocycles. The Hall–Kier alpha value is -3.80. The van der Waals surface area contributed by atoms with E-state index in [1.807, 2.05) is 25.1 Å². The smallest absolute Gasteiger partial charge is 0.410 e. The van der Waals surface area contributed by atoms with Crippen LogP contribution in [0.5, 0.6) is 0 Å². The van der Waals surface area contributed by atoms with E-state index in [2.05, 4.69) is 31.6 Å². The first-order chi connectivity index (χ1) is 18.9. The molecule has 12 heteroatoms. The summed E-state index contributed by atoms with van der Waals surface area (Å²) in [6, 6.07) is 9.19. The molecule has 4 aromatic rings. The van der Waals surface area contributed by atoms with E-state index in [-0.39, 0.29) is 37.3 Å². The van der Waals surface area contributed by atoms with E-state index >= 15 is 0 Å². The monoisotopic (exact) mass is 615 g/mol. The molecule has 5 rings (SSSR count). The Bertz CT molecular complexity index is 1590. The summed E-state index contributed by atoms with van der Waals surface area (Å²) in [5, 5.41) is 11.8. The molecule has 1 unspecified atom stereocenters. The molecule has 1 N–H and O–H groups in total. The average Bonchev–Trinajstić information content (AvgIpc) is 3.60. The van der Waals surface area contributed by atoms with E-state index < -0.39 is 34.8 Å². The van der Waals surface area contributed by atoms with Crippen LogP contribution in [0.1, 0.15) is 38.5 Å². The van der Waals surface area contributed by atoms with Crippen molar-refractivity contribution in [2.24, 2.45) is 0 Å². The molecular formula is C28H28BrF2N5O4. The number of aromatic nitrogens is 3. The Morgan fingerprint density at radius 2 is 1.93 bits per heavy atom. The van der Waals surface area contributed by atoms with Crippen molar-refractivity contribution in [3.05, 3.63) is 70.0 Å². The van der Waals surface area contributed by atoms with Crippen molar-refractivity contribution in [3.63, 3.8) is 0 Å². The molecule has 2 aromatic carbocycles. The lowest BCUT2D eigenvalue weighted by Gasteiger charge is -2.29. The summed E-state index contributed by atoms with van der Waals surface area (Å²) in [7, 11) is 0. The molecule has 0 bridgehead atoms. The minimum Gasteiger partial charge on any atom is -0.459 e. The molecule has 9 nitrogen and oxygen atoms in total. The van der Waals surface area contributed by atoms with Crippen LogP contribution >= 0.6 is 15.9 Å². The van der Waals surface area contributed by atoms with Gasteiger partial charge in [0, 0.05) is 22.8 Å². The van der Waals surface area contributed by atoms with E-state index in [1.165, 1.54) is 21.8 Å². The zero-order valence-corrected chi connectivity index (χ0v) is 24.0. The van der Waals surface area contributed by atoms with Crippen molar-refractivity contribution in [2.45, 2.75) is 51.8 Å². The van der Waals surface area contributed by atoms with Gasteiger partial charge in [-0.1, -0.05) is 27.2 Å². The van der Waals surface area contributed by atoms with Crippen molar-refractivity contribution in [1.29, 1.82) is 0 Å². The van der Waals surface area contributed by atoms with Crippen LogP contribution in [-0.4, -0.2) is 50.6 Å². The van der Waals surface area contributed by atoms with Gasteiger partial charge in [0.1, 0.15) is 34.3 Å². The van der Waals surface area contributed by atoms with E-state index in [0.29, 0.717) is 11.3 Å². The lowest BCUT2D eigenvalue weighted by Crippen LogP contribution is -2.51. The molecule has 1 fully saturated rings. The van der Waals surface area contributed by atoms with Gasteiger partial charge in [0.05, 0.1) is 24.8 Å². The summed E-state index contributed by atoms with van der Waals surface area (Å²) in [5.74, 6) is -1.53. The summed E-state index contributed by atoms with van der Waals surface area (Å²) in [6.07, 6.45) is 0.912. The second kappa shape index (κ2) is 10.3. The minimum absolute atomic E-state index is 0.0717. The van der Waals surface area contributed by atoms with Gasteiger partial charge < -0.3 is 19.4 Å². The molecule has 2 aromatic heterocycles. The third-order valence-corrected chi connectivity index (χ3v) is 7.17. The van der Waals surface area contributed by atoms with E-state index in [0.717, 1.165) is 27.6 Å². The topological polar surface area (TPSA) is 102 Å². The van der Waals surface area contributed by atoms with Gasteiger partial charge in [-0.15, -0.1) is 5.10 Å². The summed E-state index contributed by atoms with van der Waals surface area (Å²) in [6.45, 7) is 7.37. The van der Waals surface area contributed by atoms with Crippen molar-refractivity contribution in [1.82, 2.24) is 25.2 Å². The number of amides is 2. The fraction of sp³-hybridized carbons (Fsp3) is 0.357. The van der Waals surface area contributed by atoms with Crippen LogP contribution in [0.15, 0.2) is 51.5 Å². The number of nitrogens with zero attached hydrogens (tertiary/aromatic N) is 4. The fourth-order valence-electron chi connectivity index (χ4n) is 4.84. The van der Waals surface area contributed by atoms with Crippen LogP contribution in [0.2, 0.25) is 0 Å². The second-order valence-electron chi connectivity index (χ2n) is 10.9. The Kier molecular flexibility index (Phi) is 7.15. The molecular weight excluding hydrogens is 588 g/mol. The van der Waals surface area contributed by atoms with Crippen LogP contribution in [0.25, 0.3) is 22.2 Å². The molecule has 40 heavy (non-hydrogen) atoms. The lowest BCUT2D eigenvalue weighted by molar-refractivity contribution is -0.130. The third kappa shape index (κ3) is 5.32. The van der Waals surface area contributed by atoms with Gasteiger partial charge in [0.2, 0.25) is 5.91 Å². The van der Waals surface area contributed by atoms with Gasteiger partial charge in [-0.2, -0.15) is 0 Å². The maximum absolute atomic E-state index is 14.5. The predicted molar refractivity (Wildman–Crippen MR) is 146 cm³/mol. The van der Waals surface area contributed by atoms with Gasteiger partial charge in [-0.3, -0.25) is 4.79 Å². The van der Waals surface area contributed by atoms with Crippen molar-refractivity contribution < 1.29 is 27.5 Å². The first-order valence-corrected chi connectivity index (χ1v) is 13.5. The van der Waals surface area contributed by atoms with Crippen molar-refractivity contribution >= 4 is 38.9 Å². The zero-order valence-electron chi connectivity index (χ0n) is 22.4. The number of fused-ring (bicyclic) bond motifs is 1. The van der Waals surface area contributed by atoms with E-state index in [1.54, 1.807) is 20.8 Å². The highest BCUT2D eigenvalue weighted by molar-refractivity contribution is 9.10. The van der Waals surface area contributed by atoms with Crippen molar-refractivity contribution in [3.8, 4) is 11.3 Å². The first-order valence-electron chi connectivity index (χ1n) is 12.7. The van der Waals surface area contributed by atoms with Crippen LogP contribution in [0.3, 0.4) is 0 Å². The Balaban J connectivity index is 1.45. The summed E-state index contributed by atoms with van der Waals surface area (Å²) < 4.78 is 42.6. The standard InChI is InChI=1S/C28H28BrF2N5O4/c1-16-10-18(29)11-17-12-19(39-24(16)17)13-32-25(37)28(8-9-35(15-28)26(38)40-27(2,3)4)36-14-22(33-34-36)23-20(30)6-5-7-21(23)31/h5-7,10-12,14H,8-9,13,15H2,1-4H3,(H,32,37). The van der Waals surface area contributed by atoms with E-state index in [4.69, 9.17) is 9.15 Å². The van der Waals surface area contributed by atoms with Gasteiger partial charge in [-0.25, -0.2) is 18.3 Å². The number of hydrogen-bond donors (Lipinski definition) is 1. The number of carbonyl (C=O) groups is 2. The lowest BCUT2D eigenvalue weighted by atomic mass is 9.97. The quantitative estimate of drug-likeness (QED) is 0.309. The van der Waals surface area contributed by atoms with Crippen LogP contribution < -0.4 is 5.32 Å². The molecule has 3 heterocycles. The first kappa shape index (κ1) is 27.8. The summed E-state index contributed by atoms with van der Waals surface area (Å²) in [5.41, 5.74) is -0.909. The highest BCUT2D eigenvalue weighted by Crippen LogP contribution is 2.33. The second-order valence-corrected chi connectivity index (χ2v) is 11.8. The SMILES string of the molecule is Cc1cc(Br)cc2cc(CNC(=O)C3(n4cc(-c5c(F)cccc5F)nn4)CCN(C(=O)OC(C)(C)C)C3)oc12. The highest BCUT2D eigenvalue weighted by atomic mass is 79.9. The van der Waals surface area contributed by atoms with E-state index in [9.17, 15) is 18.4 Å². The average molecular weight is 616 g/mol. The predicted octanol–water partition coefficient (Wildman–Crippen LogP) is 5.69.